The van der Waals surface area contributed by atoms with Gasteiger partial charge in [0.1, 0.15) is 29.5 Å². The van der Waals surface area contributed by atoms with Crippen molar-refractivity contribution in [2.75, 3.05) is 17.2 Å². The average molecular weight is 505 g/mol. The molecule has 3 N–H and O–H groups in total. The number of ether oxygens (including phenoxy) is 2. The summed E-state index contributed by atoms with van der Waals surface area (Å²) >= 11 is 5.53. The van der Waals surface area contributed by atoms with E-state index in [1.165, 1.54) is 5.56 Å². The lowest BCUT2D eigenvalue weighted by Gasteiger charge is -2.37. The van der Waals surface area contributed by atoms with E-state index in [9.17, 15) is 5.11 Å². The zero-order valence-corrected chi connectivity index (χ0v) is 22.8. The first-order valence-electron chi connectivity index (χ1n) is 12.5. The molecule has 0 fully saturated rings. The van der Waals surface area contributed by atoms with Crippen LogP contribution in [0.2, 0.25) is 0 Å². The SMILES string of the molecule is Cc1c(C)c2c(c(C)c1O)CCC(C)(COc1ccc(NC(=S)Nc3ccccc3C(C)C)cc1)O2. The van der Waals surface area contributed by atoms with E-state index in [0.29, 0.717) is 23.4 Å². The van der Waals surface area contributed by atoms with Crippen LogP contribution in [0.4, 0.5) is 11.4 Å². The molecule has 1 aliphatic heterocycles. The third-order valence-corrected chi connectivity index (χ3v) is 7.28. The van der Waals surface area contributed by atoms with Crippen molar-refractivity contribution in [1.82, 2.24) is 0 Å². The molecule has 3 aromatic carbocycles. The number of phenols is 1. The molecule has 1 unspecified atom stereocenters. The molecular formula is C30H36N2O3S. The fraction of sp³-hybridized carbons (Fsp3) is 0.367. The number of anilines is 2. The Morgan fingerprint density at radius 3 is 2.42 bits per heavy atom. The summed E-state index contributed by atoms with van der Waals surface area (Å²) in [5.74, 6) is 2.44. The molecule has 0 bridgehead atoms. The highest BCUT2D eigenvalue weighted by molar-refractivity contribution is 7.80. The second kappa shape index (κ2) is 10.4. The Kier molecular flexibility index (Phi) is 7.46. The van der Waals surface area contributed by atoms with Gasteiger partial charge in [0.25, 0.3) is 0 Å². The predicted octanol–water partition coefficient (Wildman–Crippen LogP) is 7.41. The fourth-order valence-corrected chi connectivity index (χ4v) is 4.89. The van der Waals surface area contributed by atoms with Gasteiger partial charge in [0.15, 0.2) is 5.11 Å². The van der Waals surface area contributed by atoms with Crippen LogP contribution in [0, 0.1) is 20.8 Å². The number of benzene rings is 3. The van der Waals surface area contributed by atoms with E-state index in [4.69, 9.17) is 21.7 Å². The largest absolute Gasteiger partial charge is 0.507 e. The van der Waals surface area contributed by atoms with Gasteiger partial charge in [-0.25, -0.2) is 0 Å². The van der Waals surface area contributed by atoms with Crippen molar-refractivity contribution in [2.45, 2.75) is 65.9 Å². The monoisotopic (exact) mass is 504 g/mol. The van der Waals surface area contributed by atoms with Crippen LogP contribution in [-0.4, -0.2) is 22.4 Å². The van der Waals surface area contributed by atoms with Crippen molar-refractivity contribution in [2.24, 2.45) is 0 Å². The summed E-state index contributed by atoms with van der Waals surface area (Å²) in [6, 6.07) is 16.0. The van der Waals surface area contributed by atoms with Crippen molar-refractivity contribution in [1.29, 1.82) is 0 Å². The van der Waals surface area contributed by atoms with E-state index in [1.807, 2.05) is 63.2 Å². The number of fused-ring (bicyclic) bond motifs is 1. The van der Waals surface area contributed by atoms with Crippen LogP contribution in [0.3, 0.4) is 0 Å². The molecular weight excluding hydrogens is 468 g/mol. The fourth-order valence-electron chi connectivity index (χ4n) is 4.67. The van der Waals surface area contributed by atoms with Gasteiger partial charge in [-0.2, -0.15) is 0 Å². The van der Waals surface area contributed by atoms with Crippen LogP contribution in [0.5, 0.6) is 17.2 Å². The van der Waals surface area contributed by atoms with Crippen LogP contribution in [0.25, 0.3) is 0 Å². The minimum atomic E-state index is -0.445. The molecule has 4 rings (SSSR count). The minimum Gasteiger partial charge on any atom is -0.507 e. The van der Waals surface area contributed by atoms with Gasteiger partial charge in [-0.3, -0.25) is 0 Å². The molecule has 36 heavy (non-hydrogen) atoms. The molecule has 0 amide bonds. The van der Waals surface area contributed by atoms with Crippen LogP contribution in [0.1, 0.15) is 60.9 Å². The zero-order valence-electron chi connectivity index (χ0n) is 22.0. The van der Waals surface area contributed by atoms with Gasteiger partial charge >= 0.3 is 0 Å². The number of rotatable bonds is 6. The van der Waals surface area contributed by atoms with E-state index in [0.717, 1.165) is 58.0 Å². The Morgan fingerprint density at radius 2 is 1.72 bits per heavy atom. The molecule has 5 nitrogen and oxygen atoms in total. The van der Waals surface area contributed by atoms with Gasteiger partial charge < -0.3 is 25.2 Å². The maximum absolute atomic E-state index is 10.4. The van der Waals surface area contributed by atoms with E-state index < -0.39 is 5.60 Å². The third-order valence-electron chi connectivity index (χ3n) is 7.08. The second-order valence-electron chi connectivity index (χ2n) is 10.2. The first-order chi connectivity index (χ1) is 17.1. The minimum absolute atomic E-state index is 0.377. The average Bonchev–Trinajstić information content (AvgIpc) is 2.86. The summed E-state index contributed by atoms with van der Waals surface area (Å²) in [5, 5.41) is 17.5. The Morgan fingerprint density at radius 1 is 1.03 bits per heavy atom. The number of hydrogen-bond acceptors (Lipinski definition) is 4. The number of para-hydroxylation sites is 1. The molecule has 0 radical (unpaired) electrons. The number of hydrogen-bond donors (Lipinski definition) is 3. The van der Waals surface area contributed by atoms with Crippen LogP contribution in [0.15, 0.2) is 48.5 Å². The Hall–Kier alpha value is -3.25. The highest BCUT2D eigenvalue weighted by Crippen LogP contribution is 2.43. The summed E-state index contributed by atoms with van der Waals surface area (Å²) in [6.45, 7) is 12.8. The van der Waals surface area contributed by atoms with E-state index in [2.05, 4.69) is 37.5 Å². The maximum Gasteiger partial charge on any atom is 0.175 e. The van der Waals surface area contributed by atoms with Crippen molar-refractivity contribution >= 4 is 28.7 Å². The molecule has 0 spiro atoms. The standard InChI is InChI=1S/C30H36N2O3S/c1-18(2)24-9-7-8-10-26(24)32-29(36)31-22-11-13-23(14-12-22)34-17-30(6)16-15-25-21(5)27(33)19(3)20(4)28(25)35-30/h7-14,18,33H,15-17H2,1-6H3,(H2,31,32,36). The van der Waals surface area contributed by atoms with E-state index >= 15 is 0 Å². The summed E-state index contributed by atoms with van der Waals surface area (Å²) in [5.41, 5.74) is 6.57. The molecule has 1 atom stereocenters. The van der Waals surface area contributed by atoms with Crippen molar-refractivity contribution in [3.8, 4) is 17.2 Å². The van der Waals surface area contributed by atoms with E-state index in [-0.39, 0.29) is 0 Å². The molecule has 6 heteroatoms. The molecule has 0 aliphatic carbocycles. The number of thiocarbonyl (C=S) groups is 1. The lowest BCUT2D eigenvalue weighted by Crippen LogP contribution is -2.42. The number of phenolic OH excluding ortho intramolecular Hbond substituents is 1. The zero-order chi connectivity index (χ0) is 26.0. The topological polar surface area (TPSA) is 62.8 Å². The Balaban J connectivity index is 1.36. The summed E-state index contributed by atoms with van der Waals surface area (Å²) in [7, 11) is 0. The molecule has 1 heterocycles. The third kappa shape index (κ3) is 5.44. The molecule has 0 aromatic heterocycles. The Labute approximate surface area is 219 Å². The molecule has 0 saturated carbocycles. The maximum atomic E-state index is 10.4. The summed E-state index contributed by atoms with van der Waals surface area (Å²) in [6.07, 6.45) is 1.67. The smallest absolute Gasteiger partial charge is 0.175 e. The Bertz CT molecular complexity index is 1270. The molecule has 190 valence electrons. The highest BCUT2D eigenvalue weighted by Gasteiger charge is 2.35. The summed E-state index contributed by atoms with van der Waals surface area (Å²) < 4.78 is 12.6. The van der Waals surface area contributed by atoms with Crippen LogP contribution in [-0.2, 0) is 6.42 Å². The predicted molar refractivity (Wildman–Crippen MR) is 152 cm³/mol. The van der Waals surface area contributed by atoms with Crippen LogP contribution < -0.4 is 20.1 Å². The highest BCUT2D eigenvalue weighted by atomic mass is 32.1. The molecule has 3 aromatic rings. The van der Waals surface area contributed by atoms with Crippen molar-refractivity contribution < 1.29 is 14.6 Å². The van der Waals surface area contributed by atoms with Crippen molar-refractivity contribution in [3.05, 3.63) is 76.3 Å². The van der Waals surface area contributed by atoms with Gasteiger partial charge in [0.2, 0.25) is 0 Å². The van der Waals surface area contributed by atoms with E-state index in [1.54, 1.807) is 0 Å². The quantitative estimate of drug-likeness (QED) is 0.304. The normalized spacial score (nSPS) is 16.8. The van der Waals surface area contributed by atoms with Gasteiger partial charge in [-0.1, -0.05) is 32.0 Å². The van der Waals surface area contributed by atoms with Crippen LogP contribution >= 0.6 is 12.2 Å². The number of nitrogens with one attached hydrogen (secondary N) is 2. The first-order valence-corrected chi connectivity index (χ1v) is 12.9. The second-order valence-corrected chi connectivity index (χ2v) is 10.6. The van der Waals surface area contributed by atoms with Crippen molar-refractivity contribution in [3.63, 3.8) is 0 Å². The van der Waals surface area contributed by atoms with Gasteiger partial charge in [-0.05, 0) is 111 Å². The molecule has 1 aliphatic rings. The molecule has 0 saturated heterocycles. The first kappa shape index (κ1) is 25.8. The number of aromatic hydroxyl groups is 1. The lowest BCUT2D eigenvalue weighted by atomic mass is 9.87. The van der Waals surface area contributed by atoms with Gasteiger partial charge in [0.05, 0.1) is 0 Å². The summed E-state index contributed by atoms with van der Waals surface area (Å²) in [4.78, 5) is 0. The van der Waals surface area contributed by atoms with Gasteiger partial charge in [0, 0.05) is 16.9 Å². The lowest BCUT2D eigenvalue weighted by molar-refractivity contribution is 0.0166. The van der Waals surface area contributed by atoms with Gasteiger partial charge in [-0.15, -0.1) is 0 Å².